The molecule has 0 fully saturated rings. The molecule has 0 unspecified atom stereocenters. The van der Waals surface area contributed by atoms with Crippen LogP contribution in [0.3, 0.4) is 0 Å². The Morgan fingerprint density at radius 1 is 0.767 bits per heavy atom. The Hall–Kier alpha value is -5.76. The van der Waals surface area contributed by atoms with E-state index in [-0.39, 0.29) is 56.4 Å². The number of benzene rings is 1. The largest absolute Gasteiger partial charge is 0.480 e. The van der Waals surface area contributed by atoms with E-state index in [0.29, 0.717) is 31.4 Å². The van der Waals surface area contributed by atoms with Crippen molar-refractivity contribution in [2.24, 2.45) is 39.8 Å². The van der Waals surface area contributed by atoms with Gasteiger partial charge >= 0.3 is 5.97 Å². The minimum Gasteiger partial charge on any atom is -0.480 e. The Morgan fingerprint density at radius 3 is 1.92 bits per heavy atom. The fourth-order valence-corrected chi connectivity index (χ4v) is 6.29. The molecule has 60 heavy (non-hydrogen) atoms. The maximum absolute atomic E-state index is 14.0. The van der Waals surface area contributed by atoms with Crippen LogP contribution in [-0.4, -0.2) is 113 Å². The van der Waals surface area contributed by atoms with Crippen LogP contribution in [0.1, 0.15) is 85.1 Å². The van der Waals surface area contributed by atoms with Crippen molar-refractivity contribution in [3.8, 4) is 0 Å². The van der Waals surface area contributed by atoms with Crippen molar-refractivity contribution in [3.63, 3.8) is 0 Å². The van der Waals surface area contributed by atoms with Crippen LogP contribution in [0.15, 0.2) is 35.5 Å². The van der Waals surface area contributed by atoms with Gasteiger partial charge in [0.2, 0.25) is 35.4 Å². The fraction of sp³-hybridized carbons (Fsp3) is 0.600. The van der Waals surface area contributed by atoms with Crippen LogP contribution >= 0.6 is 0 Å². The average molecular weight is 843 g/mol. The number of unbranched alkanes of at least 4 members (excludes halogenated alkanes) is 1. The molecule has 20 heteroatoms. The number of carbonyl (C=O) groups excluding carboxylic acids is 6. The van der Waals surface area contributed by atoms with E-state index < -0.39 is 84.2 Å². The molecule has 2 rings (SSSR count). The van der Waals surface area contributed by atoms with Crippen molar-refractivity contribution < 1.29 is 38.7 Å². The Bertz CT molecular complexity index is 1780. The van der Waals surface area contributed by atoms with Crippen molar-refractivity contribution in [2.45, 2.75) is 122 Å². The lowest BCUT2D eigenvalue weighted by Gasteiger charge is -2.29. The number of H-pyrrole nitrogens is 1. The van der Waals surface area contributed by atoms with Gasteiger partial charge in [0, 0.05) is 30.1 Å². The van der Waals surface area contributed by atoms with Crippen LogP contribution in [0.2, 0.25) is 0 Å². The smallest absolute Gasteiger partial charge is 0.326 e. The summed E-state index contributed by atoms with van der Waals surface area (Å²) in [7, 11) is 0. The van der Waals surface area contributed by atoms with Crippen molar-refractivity contribution in [1.82, 2.24) is 36.9 Å². The van der Waals surface area contributed by atoms with Crippen molar-refractivity contribution >= 4 is 58.3 Å². The van der Waals surface area contributed by atoms with Gasteiger partial charge in [-0.1, -0.05) is 52.3 Å². The summed E-state index contributed by atoms with van der Waals surface area (Å²) in [6.45, 7) is 8.77. The summed E-state index contributed by atoms with van der Waals surface area (Å²) in [5.74, 6) is -5.90. The lowest BCUT2D eigenvalue weighted by atomic mass is 9.96. The van der Waals surface area contributed by atoms with Gasteiger partial charge in [0.15, 0.2) is 5.96 Å². The molecule has 20 nitrogen and oxygen atoms in total. The highest BCUT2D eigenvalue weighted by Crippen LogP contribution is 2.19. The topological polar surface area (TPSA) is 344 Å². The molecule has 1 aromatic heterocycles. The first-order valence-corrected chi connectivity index (χ1v) is 20.5. The molecule has 1 aromatic carbocycles. The first-order valence-electron chi connectivity index (χ1n) is 20.5. The molecule has 0 aliphatic heterocycles. The second-order valence-electron chi connectivity index (χ2n) is 15.4. The summed E-state index contributed by atoms with van der Waals surface area (Å²) in [6.07, 6.45) is 3.60. The third-order valence-electron chi connectivity index (χ3n) is 9.86. The molecule has 0 saturated heterocycles. The molecule has 0 bridgehead atoms. The molecule has 0 aliphatic carbocycles. The molecule has 334 valence electrons. The van der Waals surface area contributed by atoms with Crippen LogP contribution < -0.4 is 54.8 Å². The highest BCUT2D eigenvalue weighted by atomic mass is 16.4. The minimum absolute atomic E-state index is 0.0148. The SMILES string of the molecule is CC[C@H](C)[C@H](NC(=O)CNC(=O)[C@H](C)N)C(=O)N[C@@H](CC(C)C)C(=O)N[C@@H](CCCCN)C(=O)N[C@@H](CCCN=C(N)N)C(=O)N[C@@H](Cc1c[nH]c2ccccc12)C(=O)O. The first kappa shape index (κ1) is 50.4. The van der Waals surface area contributed by atoms with Crippen LogP contribution in [0.4, 0.5) is 0 Å². The highest BCUT2D eigenvalue weighted by molar-refractivity contribution is 5.96. The second-order valence-corrected chi connectivity index (χ2v) is 15.4. The molecule has 0 aliphatic rings. The van der Waals surface area contributed by atoms with Gasteiger partial charge < -0.3 is 64.9 Å². The van der Waals surface area contributed by atoms with E-state index >= 15 is 0 Å². The van der Waals surface area contributed by atoms with Crippen molar-refractivity contribution in [1.29, 1.82) is 0 Å². The maximum Gasteiger partial charge on any atom is 0.326 e. The van der Waals surface area contributed by atoms with E-state index in [1.165, 1.54) is 6.92 Å². The standard InChI is InChI=1S/C40H66N12O8/c1-6-23(4)33(52-32(53)21-47-34(54)24(5)42)38(58)50-30(18-22(2)3)37(57)49-28(14-9-10-16-41)35(55)48-29(15-11-17-45-40(43)44)36(56)51-31(39(59)60)19-25-20-46-27-13-8-7-12-26(25)27/h7-8,12-13,20,22-24,28-31,33,46H,6,9-11,14-19,21,41-42H2,1-5H3,(H,47,54)(H,48,55)(H,49,57)(H,50,58)(H,51,56)(H,52,53)(H,59,60)(H4,43,44,45)/t23-,24-,28-,29-,30-,31-,33-/m0/s1. The van der Waals surface area contributed by atoms with Crippen LogP contribution in [0.25, 0.3) is 10.9 Å². The summed E-state index contributed by atoms with van der Waals surface area (Å²) in [6, 6.07) is 0.489. The lowest BCUT2D eigenvalue weighted by Crippen LogP contribution is -2.60. The summed E-state index contributed by atoms with van der Waals surface area (Å²) in [5, 5.41) is 26.7. The molecule has 0 saturated carbocycles. The van der Waals surface area contributed by atoms with E-state index in [1.807, 2.05) is 45.0 Å². The van der Waals surface area contributed by atoms with Gasteiger partial charge in [-0.05, 0) is 75.5 Å². The number of amides is 6. The molecule has 1 heterocycles. The third-order valence-corrected chi connectivity index (χ3v) is 9.86. The zero-order valence-corrected chi connectivity index (χ0v) is 35.3. The van der Waals surface area contributed by atoms with E-state index in [9.17, 15) is 38.7 Å². The molecule has 6 amide bonds. The quantitative estimate of drug-likeness (QED) is 0.0292. The molecule has 0 spiro atoms. The normalized spacial score (nSPS) is 14.7. The maximum atomic E-state index is 14.0. The van der Waals surface area contributed by atoms with Gasteiger partial charge in [-0.25, -0.2) is 4.79 Å². The van der Waals surface area contributed by atoms with E-state index in [4.69, 9.17) is 22.9 Å². The number of hydrogen-bond donors (Lipinski definition) is 12. The van der Waals surface area contributed by atoms with Gasteiger partial charge in [-0.15, -0.1) is 0 Å². The number of aromatic amines is 1. The number of hydrogen-bond acceptors (Lipinski definition) is 10. The van der Waals surface area contributed by atoms with E-state index in [0.717, 1.165) is 10.9 Å². The number of aliphatic carboxylic acids is 1. The summed E-state index contributed by atoms with van der Waals surface area (Å²) >= 11 is 0. The zero-order valence-electron chi connectivity index (χ0n) is 35.3. The van der Waals surface area contributed by atoms with Gasteiger partial charge in [0.05, 0.1) is 12.6 Å². The molecular weight excluding hydrogens is 777 g/mol. The number of nitrogens with two attached hydrogens (primary N) is 4. The monoisotopic (exact) mass is 843 g/mol. The van der Waals surface area contributed by atoms with Crippen LogP contribution in [0, 0.1) is 11.8 Å². The summed E-state index contributed by atoms with van der Waals surface area (Å²) < 4.78 is 0. The van der Waals surface area contributed by atoms with Gasteiger partial charge in [-0.2, -0.15) is 0 Å². The molecule has 2 aromatic rings. The van der Waals surface area contributed by atoms with Gasteiger partial charge in [-0.3, -0.25) is 33.8 Å². The summed E-state index contributed by atoms with van der Waals surface area (Å²) in [4.78, 5) is 99.6. The van der Waals surface area contributed by atoms with E-state index in [1.54, 1.807) is 13.1 Å². The number of para-hydroxylation sites is 1. The number of carbonyl (C=O) groups is 7. The van der Waals surface area contributed by atoms with E-state index in [2.05, 4.69) is 41.9 Å². The number of fused-ring (bicyclic) bond motifs is 1. The average Bonchev–Trinajstić information content (AvgIpc) is 3.60. The number of carboxylic acids is 1. The third kappa shape index (κ3) is 17.2. The van der Waals surface area contributed by atoms with Crippen molar-refractivity contribution in [3.05, 3.63) is 36.0 Å². The highest BCUT2D eigenvalue weighted by Gasteiger charge is 2.34. The van der Waals surface area contributed by atoms with Crippen LogP contribution in [0.5, 0.6) is 0 Å². The molecule has 0 radical (unpaired) electrons. The Morgan fingerprint density at radius 2 is 1.35 bits per heavy atom. The molecule has 16 N–H and O–H groups in total. The number of carboxylic acid groups (broad SMARTS) is 1. The number of rotatable bonds is 27. The number of guanidine groups is 1. The van der Waals surface area contributed by atoms with Crippen molar-refractivity contribution in [2.75, 3.05) is 19.6 Å². The second kappa shape index (κ2) is 25.7. The number of nitrogens with one attached hydrogen (secondary N) is 7. The predicted octanol–water partition coefficient (Wildman–Crippen LogP) is -1.04. The first-order chi connectivity index (χ1) is 28.4. The minimum atomic E-state index is -1.35. The Balaban J connectivity index is 2.33. The number of aliphatic imine (C=N–C) groups is 1. The molecule has 7 atom stereocenters. The Labute approximate surface area is 350 Å². The predicted molar refractivity (Wildman–Crippen MR) is 228 cm³/mol. The number of aromatic nitrogens is 1. The van der Waals surface area contributed by atoms with Gasteiger partial charge in [0.25, 0.3) is 0 Å². The Kier molecular flexibility index (Phi) is 21.6. The zero-order chi connectivity index (χ0) is 44.9. The summed E-state index contributed by atoms with van der Waals surface area (Å²) in [5.41, 5.74) is 23.7. The van der Waals surface area contributed by atoms with Crippen LogP contribution in [-0.2, 0) is 40.0 Å². The fourth-order valence-electron chi connectivity index (χ4n) is 6.29. The lowest BCUT2D eigenvalue weighted by molar-refractivity contribution is -0.142. The molecular formula is C40H66N12O8. The van der Waals surface area contributed by atoms with Gasteiger partial charge in [0.1, 0.15) is 30.2 Å². The number of nitrogens with zero attached hydrogens (tertiary/aromatic N) is 1.